The van der Waals surface area contributed by atoms with E-state index in [9.17, 15) is 14.4 Å². The molecule has 2 aromatic rings. The average Bonchev–Trinajstić information content (AvgIpc) is 3.46. The quantitative estimate of drug-likeness (QED) is 0.548. The Labute approximate surface area is 201 Å². The van der Waals surface area contributed by atoms with E-state index in [1.54, 1.807) is 18.2 Å². The molecule has 2 aromatic carbocycles. The van der Waals surface area contributed by atoms with Crippen LogP contribution in [0.15, 0.2) is 48.5 Å². The van der Waals surface area contributed by atoms with Gasteiger partial charge in [-0.15, -0.1) is 0 Å². The fourth-order valence-electron chi connectivity index (χ4n) is 4.86. The Kier molecular flexibility index (Phi) is 7.75. The molecule has 1 N–H and O–H groups in total. The molecule has 1 fully saturated rings. The van der Waals surface area contributed by atoms with Crippen LogP contribution in [-0.4, -0.2) is 72.5 Å². The smallest absolute Gasteiger partial charge is 0.261 e. The highest BCUT2D eigenvalue weighted by Gasteiger charge is 2.38. The van der Waals surface area contributed by atoms with Gasteiger partial charge in [0, 0.05) is 24.8 Å². The largest absolute Gasteiger partial charge is 0.376 e. The molecule has 2 heterocycles. The van der Waals surface area contributed by atoms with Crippen LogP contribution < -0.4 is 5.32 Å². The number of carbonyl (C=O) groups is 3. The molecule has 7 nitrogen and oxygen atoms in total. The number of hydrogen-bond acceptors (Lipinski definition) is 5. The normalized spacial score (nSPS) is 18.4. The van der Waals surface area contributed by atoms with Gasteiger partial charge in [-0.3, -0.25) is 24.2 Å². The van der Waals surface area contributed by atoms with Crippen molar-refractivity contribution < 1.29 is 19.1 Å². The second kappa shape index (κ2) is 10.9. The fraction of sp³-hybridized carbons (Fsp3) is 0.444. The predicted octanol–water partition coefficient (Wildman–Crippen LogP) is 3.14. The van der Waals surface area contributed by atoms with Crippen LogP contribution in [0, 0.1) is 0 Å². The number of hydrogen-bond donors (Lipinski definition) is 1. The molecule has 1 saturated heterocycles. The first-order valence-corrected chi connectivity index (χ1v) is 12.2. The van der Waals surface area contributed by atoms with E-state index < -0.39 is 0 Å². The minimum absolute atomic E-state index is 0.105. The molecule has 0 radical (unpaired) electrons. The highest BCUT2D eigenvalue weighted by molar-refractivity contribution is 6.22. The van der Waals surface area contributed by atoms with Crippen molar-refractivity contribution in [3.05, 3.63) is 70.8 Å². The number of nitrogens with one attached hydrogen (secondary N) is 1. The number of fused-ring (bicyclic) bond motifs is 1. The van der Waals surface area contributed by atoms with Crippen LogP contribution in [0.4, 0.5) is 0 Å². The standard InChI is InChI=1S/C27H33N3O4/c1-3-29(4-2)21(15-19-9-6-5-7-10-19)17-28-25(31)20-12-13-23-24(16-20)27(33)30(26(23)32)18-22-11-8-14-34-22/h5-7,9-10,12-13,16,21-22H,3-4,8,11,14-15,17-18H2,1-2H3,(H,28,31). The SMILES string of the molecule is CCN(CC)C(CNC(=O)c1ccc2c(c1)C(=O)N(CC1CCCO1)C2=O)Cc1ccccc1. The summed E-state index contributed by atoms with van der Waals surface area (Å²) in [6.45, 7) is 7.43. The number of imide groups is 1. The maximum atomic E-state index is 13.0. The highest BCUT2D eigenvalue weighted by atomic mass is 16.5. The van der Waals surface area contributed by atoms with E-state index in [1.165, 1.54) is 10.5 Å². The predicted molar refractivity (Wildman–Crippen MR) is 130 cm³/mol. The summed E-state index contributed by atoms with van der Waals surface area (Å²) >= 11 is 0. The number of carbonyl (C=O) groups excluding carboxylic acids is 3. The van der Waals surface area contributed by atoms with E-state index in [0.717, 1.165) is 32.4 Å². The van der Waals surface area contributed by atoms with Crippen LogP contribution in [0.3, 0.4) is 0 Å². The first-order chi connectivity index (χ1) is 16.5. The topological polar surface area (TPSA) is 79.0 Å². The van der Waals surface area contributed by atoms with Crippen molar-refractivity contribution >= 4 is 17.7 Å². The Bertz CT molecular complexity index is 1030. The molecular weight excluding hydrogens is 430 g/mol. The molecule has 0 aromatic heterocycles. The molecule has 4 rings (SSSR count). The van der Waals surface area contributed by atoms with Crippen LogP contribution in [0.25, 0.3) is 0 Å². The molecule has 0 spiro atoms. The molecule has 2 aliphatic rings. The Morgan fingerprint density at radius 2 is 1.82 bits per heavy atom. The molecule has 34 heavy (non-hydrogen) atoms. The first kappa shape index (κ1) is 24.1. The van der Waals surface area contributed by atoms with Crippen LogP contribution >= 0.6 is 0 Å². The summed E-state index contributed by atoms with van der Waals surface area (Å²) < 4.78 is 5.59. The average molecular weight is 464 g/mol. The van der Waals surface area contributed by atoms with Crippen molar-refractivity contribution in [2.75, 3.05) is 32.8 Å². The van der Waals surface area contributed by atoms with Crippen molar-refractivity contribution in [3.8, 4) is 0 Å². The van der Waals surface area contributed by atoms with Gasteiger partial charge in [0.2, 0.25) is 0 Å². The van der Waals surface area contributed by atoms with Crippen LogP contribution in [0.2, 0.25) is 0 Å². The van der Waals surface area contributed by atoms with E-state index >= 15 is 0 Å². The minimum atomic E-state index is -0.352. The van der Waals surface area contributed by atoms with Crippen LogP contribution in [0.5, 0.6) is 0 Å². The van der Waals surface area contributed by atoms with Gasteiger partial charge in [0.05, 0.1) is 23.8 Å². The third kappa shape index (κ3) is 5.21. The van der Waals surface area contributed by atoms with E-state index in [4.69, 9.17) is 4.74 Å². The van der Waals surface area contributed by atoms with E-state index in [1.807, 2.05) is 18.2 Å². The highest BCUT2D eigenvalue weighted by Crippen LogP contribution is 2.26. The van der Waals surface area contributed by atoms with Crippen LogP contribution in [-0.2, 0) is 11.2 Å². The zero-order valence-corrected chi connectivity index (χ0v) is 20.0. The van der Waals surface area contributed by atoms with Gasteiger partial charge in [-0.2, -0.15) is 0 Å². The van der Waals surface area contributed by atoms with Crippen molar-refractivity contribution in [2.24, 2.45) is 0 Å². The Morgan fingerprint density at radius 3 is 2.50 bits per heavy atom. The third-order valence-electron chi connectivity index (χ3n) is 6.78. The Morgan fingerprint density at radius 1 is 1.09 bits per heavy atom. The lowest BCUT2D eigenvalue weighted by Gasteiger charge is -2.30. The van der Waals surface area contributed by atoms with Crippen LogP contribution in [0.1, 0.15) is 63.3 Å². The monoisotopic (exact) mass is 463 g/mol. The maximum absolute atomic E-state index is 13.0. The van der Waals surface area contributed by atoms with Crippen molar-refractivity contribution in [2.45, 2.75) is 45.3 Å². The molecule has 2 unspecified atom stereocenters. The summed E-state index contributed by atoms with van der Waals surface area (Å²) in [5.74, 6) is -0.909. The van der Waals surface area contributed by atoms with Gasteiger partial charge >= 0.3 is 0 Å². The fourth-order valence-corrected chi connectivity index (χ4v) is 4.86. The zero-order chi connectivity index (χ0) is 24.1. The molecule has 0 bridgehead atoms. The van der Waals surface area contributed by atoms with E-state index in [2.05, 4.69) is 36.2 Å². The van der Waals surface area contributed by atoms with Gasteiger partial charge in [-0.05, 0) is 56.1 Å². The number of benzene rings is 2. The molecule has 0 aliphatic carbocycles. The molecular formula is C27H33N3O4. The summed E-state index contributed by atoms with van der Waals surface area (Å²) in [4.78, 5) is 42.2. The van der Waals surface area contributed by atoms with E-state index in [0.29, 0.717) is 29.8 Å². The van der Waals surface area contributed by atoms with Gasteiger partial charge in [-0.25, -0.2) is 0 Å². The lowest BCUT2D eigenvalue weighted by Crippen LogP contribution is -2.45. The molecule has 0 saturated carbocycles. The van der Waals surface area contributed by atoms with Gasteiger partial charge in [-0.1, -0.05) is 44.2 Å². The number of rotatable bonds is 10. The summed E-state index contributed by atoms with van der Waals surface area (Å²) in [5.41, 5.74) is 2.25. The van der Waals surface area contributed by atoms with Crippen molar-refractivity contribution in [3.63, 3.8) is 0 Å². The maximum Gasteiger partial charge on any atom is 0.261 e. The summed E-state index contributed by atoms with van der Waals surface area (Å²) in [6.07, 6.45) is 2.51. The first-order valence-electron chi connectivity index (χ1n) is 12.2. The number of likely N-dealkylation sites (N-methyl/N-ethyl adjacent to an activating group) is 1. The van der Waals surface area contributed by atoms with Gasteiger partial charge in [0.1, 0.15) is 0 Å². The number of amides is 3. The Balaban J connectivity index is 1.43. The second-order valence-electron chi connectivity index (χ2n) is 8.89. The van der Waals surface area contributed by atoms with Gasteiger partial charge < -0.3 is 10.1 Å². The molecule has 3 amide bonds. The van der Waals surface area contributed by atoms with Crippen molar-refractivity contribution in [1.29, 1.82) is 0 Å². The molecule has 180 valence electrons. The lowest BCUT2D eigenvalue weighted by atomic mass is 10.0. The zero-order valence-electron chi connectivity index (χ0n) is 20.0. The second-order valence-corrected chi connectivity index (χ2v) is 8.89. The minimum Gasteiger partial charge on any atom is -0.376 e. The lowest BCUT2D eigenvalue weighted by molar-refractivity contribution is 0.0475. The molecule has 2 aliphatic heterocycles. The third-order valence-corrected chi connectivity index (χ3v) is 6.78. The summed E-state index contributed by atoms with van der Waals surface area (Å²) in [5, 5.41) is 3.05. The van der Waals surface area contributed by atoms with Gasteiger partial charge in [0.25, 0.3) is 17.7 Å². The number of nitrogens with zero attached hydrogens (tertiary/aromatic N) is 2. The summed E-state index contributed by atoms with van der Waals surface area (Å²) in [6, 6.07) is 15.2. The molecule has 2 atom stereocenters. The molecule has 7 heteroatoms. The number of ether oxygens (including phenoxy) is 1. The van der Waals surface area contributed by atoms with Gasteiger partial charge in [0.15, 0.2) is 0 Å². The Hall–Kier alpha value is -3.03. The van der Waals surface area contributed by atoms with E-state index in [-0.39, 0.29) is 36.4 Å². The summed E-state index contributed by atoms with van der Waals surface area (Å²) in [7, 11) is 0. The van der Waals surface area contributed by atoms with Crippen molar-refractivity contribution in [1.82, 2.24) is 15.1 Å².